The maximum absolute atomic E-state index is 11.1. The lowest BCUT2D eigenvalue weighted by atomic mass is 10.2. The van der Waals surface area contributed by atoms with Crippen LogP contribution in [0.1, 0.15) is 36.8 Å². The van der Waals surface area contributed by atoms with Crippen molar-refractivity contribution in [2.24, 2.45) is 0 Å². The van der Waals surface area contributed by atoms with Crippen molar-refractivity contribution in [3.8, 4) is 0 Å². The Kier molecular flexibility index (Phi) is 2.64. The van der Waals surface area contributed by atoms with Crippen LogP contribution in [-0.4, -0.2) is 20.9 Å². The third-order valence-electron chi connectivity index (χ3n) is 2.82. The highest BCUT2D eigenvalue weighted by atomic mass is 16.4. The summed E-state index contributed by atoms with van der Waals surface area (Å²) in [5.74, 6) is -0.974. The van der Waals surface area contributed by atoms with Crippen molar-refractivity contribution in [1.82, 2.24) is 9.78 Å². The van der Waals surface area contributed by atoms with Crippen LogP contribution in [-0.2, 0) is 0 Å². The van der Waals surface area contributed by atoms with Gasteiger partial charge in [-0.15, -0.1) is 0 Å². The molecule has 1 heterocycles. The molecule has 0 bridgehead atoms. The number of hydrogen-bond donors (Lipinski definition) is 1. The maximum Gasteiger partial charge on any atom is 0.357 e. The average molecular weight is 218 g/mol. The van der Waals surface area contributed by atoms with Crippen molar-refractivity contribution < 1.29 is 9.90 Å². The second-order valence-electron chi connectivity index (χ2n) is 3.87. The Balaban J connectivity index is 2.71. The van der Waals surface area contributed by atoms with Crippen molar-refractivity contribution >= 4 is 16.9 Å². The predicted octanol–water partition coefficient (Wildman–Crippen LogP) is 2.71. The van der Waals surface area contributed by atoms with Gasteiger partial charge in [-0.05, 0) is 19.4 Å². The standard InChI is InChI=1S/C12H14N2O2/c1-3-8(2)14-10-7-5-4-6-9(10)11(13-14)12(15)16/h4-8H,3H2,1-2H3,(H,15,16)/t8-/m1/s1. The lowest BCUT2D eigenvalue weighted by Crippen LogP contribution is -2.07. The van der Waals surface area contributed by atoms with E-state index in [1.165, 1.54) is 0 Å². The van der Waals surface area contributed by atoms with Crippen LogP contribution in [0.15, 0.2) is 24.3 Å². The van der Waals surface area contributed by atoms with Gasteiger partial charge in [0.15, 0.2) is 5.69 Å². The number of carboxylic acid groups (broad SMARTS) is 1. The highest BCUT2D eigenvalue weighted by molar-refractivity contribution is 6.01. The smallest absolute Gasteiger partial charge is 0.357 e. The number of nitrogens with zero attached hydrogens (tertiary/aromatic N) is 2. The summed E-state index contributed by atoms with van der Waals surface area (Å²) in [6, 6.07) is 7.63. The zero-order chi connectivity index (χ0) is 11.7. The Bertz CT molecular complexity index is 531. The van der Waals surface area contributed by atoms with Gasteiger partial charge in [0.25, 0.3) is 0 Å². The summed E-state index contributed by atoms with van der Waals surface area (Å²) in [7, 11) is 0. The first kappa shape index (κ1) is 10.7. The summed E-state index contributed by atoms with van der Waals surface area (Å²) < 4.78 is 1.79. The third-order valence-corrected chi connectivity index (χ3v) is 2.82. The molecule has 84 valence electrons. The molecule has 1 N–H and O–H groups in total. The number of fused-ring (bicyclic) bond motifs is 1. The zero-order valence-corrected chi connectivity index (χ0v) is 9.34. The summed E-state index contributed by atoms with van der Waals surface area (Å²) in [5.41, 5.74) is 1.02. The summed E-state index contributed by atoms with van der Waals surface area (Å²) >= 11 is 0. The molecule has 0 amide bonds. The zero-order valence-electron chi connectivity index (χ0n) is 9.34. The molecular formula is C12H14N2O2. The highest BCUT2D eigenvalue weighted by Gasteiger charge is 2.17. The molecule has 16 heavy (non-hydrogen) atoms. The van der Waals surface area contributed by atoms with E-state index in [0.29, 0.717) is 5.39 Å². The fourth-order valence-electron chi connectivity index (χ4n) is 1.76. The van der Waals surface area contributed by atoms with Crippen LogP contribution in [0.5, 0.6) is 0 Å². The van der Waals surface area contributed by atoms with E-state index in [2.05, 4.69) is 12.0 Å². The molecule has 0 aliphatic heterocycles. The molecule has 0 radical (unpaired) electrons. The van der Waals surface area contributed by atoms with Crippen molar-refractivity contribution in [3.63, 3.8) is 0 Å². The lowest BCUT2D eigenvalue weighted by Gasteiger charge is -2.09. The molecule has 0 aliphatic carbocycles. The summed E-state index contributed by atoms with van der Waals surface area (Å²) in [4.78, 5) is 11.1. The predicted molar refractivity (Wildman–Crippen MR) is 61.7 cm³/mol. The second kappa shape index (κ2) is 3.96. The highest BCUT2D eigenvalue weighted by Crippen LogP contribution is 2.22. The van der Waals surface area contributed by atoms with Gasteiger partial charge in [0, 0.05) is 11.4 Å². The van der Waals surface area contributed by atoms with Gasteiger partial charge < -0.3 is 5.11 Å². The van der Waals surface area contributed by atoms with Crippen molar-refractivity contribution in [2.75, 3.05) is 0 Å². The molecule has 0 spiro atoms. The molecule has 0 saturated heterocycles. The second-order valence-corrected chi connectivity index (χ2v) is 3.87. The van der Waals surface area contributed by atoms with Crippen LogP contribution in [0, 0.1) is 0 Å². The normalized spacial score (nSPS) is 12.9. The van der Waals surface area contributed by atoms with Crippen LogP contribution in [0.2, 0.25) is 0 Å². The maximum atomic E-state index is 11.1. The van der Waals surface area contributed by atoms with E-state index in [1.807, 2.05) is 25.1 Å². The summed E-state index contributed by atoms with van der Waals surface area (Å²) in [5, 5.41) is 14.0. The van der Waals surface area contributed by atoms with E-state index in [4.69, 9.17) is 5.11 Å². The molecule has 2 rings (SSSR count). The van der Waals surface area contributed by atoms with Crippen molar-refractivity contribution in [2.45, 2.75) is 26.3 Å². The number of para-hydroxylation sites is 1. The number of aromatic carboxylic acids is 1. The topological polar surface area (TPSA) is 55.1 Å². The van der Waals surface area contributed by atoms with Gasteiger partial charge >= 0.3 is 5.97 Å². The van der Waals surface area contributed by atoms with E-state index in [0.717, 1.165) is 11.9 Å². The lowest BCUT2D eigenvalue weighted by molar-refractivity contribution is 0.0691. The summed E-state index contributed by atoms with van der Waals surface area (Å²) in [6.07, 6.45) is 0.921. The fourth-order valence-corrected chi connectivity index (χ4v) is 1.76. The average Bonchev–Trinajstić information content (AvgIpc) is 2.67. The molecule has 0 fully saturated rings. The first-order chi connectivity index (χ1) is 7.65. The van der Waals surface area contributed by atoms with E-state index in [-0.39, 0.29) is 11.7 Å². The van der Waals surface area contributed by atoms with E-state index < -0.39 is 5.97 Å². The molecule has 1 aromatic heterocycles. The molecule has 4 heteroatoms. The molecule has 1 aromatic carbocycles. The minimum Gasteiger partial charge on any atom is -0.476 e. The monoisotopic (exact) mass is 218 g/mol. The van der Waals surface area contributed by atoms with Gasteiger partial charge in [-0.2, -0.15) is 5.10 Å². The molecular weight excluding hydrogens is 204 g/mol. The molecule has 0 saturated carbocycles. The Labute approximate surface area is 93.5 Å². The minimum absolute atomic E-state index is 0.135. The molecule has 0 unspecified atom stereocenters. The van der Waals surface area contributed by atoms with Gasteiger partial charge in [-0.3, -0.25) is 4.68 Å². The van der Waals surface area contributed by atoms with Crippen LogP contribution in [0.3, 0.4) is 0 Å². The van der Waals surface area contributed by atoms with Crippen molar-refractivity contribution in [3.05, 3.63) is 30.0 Å². The fraction of sp³-hybridized carbons (Fsp3) is 0.333. The number of carboxylic acids is 1. The van der Waals surface area contributed by atoms with Crippen molar-refractivity contribution in [1.29, 1.82) is 0 Å². The van der Waals surface area contributed by atoms with Crippen LogP contribution in [0.4, 0.5) is 0 Å². The summed E-state index contributed by atoms with van der Waals surface area (Å²) in [6.45, 7) is 4.09. The largest absolute Gasteiger partial charge is 0.476 e. The van der Waals surface area contributed by atoms with Crippen LogP contribution < -0.4 is 0 Å². The SMILES string of the molecule is CC[C@@H](C)n1nc(C(=O)O)c2ccccc21. The number of aromatic nitrogens is 2. The van der Waals surface area contributed by atoms with E-state index in [1.54, 1.807) is 10.7 Å². The van der Waals surface area contributed by atoms with Crippen LogP contribution in [0.25, 0.3) is 10.9 Å². The Morgan fingerprint density at radius 1 is 1.50 bits per heavy atom. The number of benzene rings is 1. The first-order valence-corrected chi connectivity index (χ1v) is 5.35. The van der Waals surface area contributed by atoms with Gasteiger partial charge in [-0.1, -0.05) is 25.1 Å². The van der Waals surface area contributed by atoms with E-state index >= 15 is 0 Å². The number of hydrogen-bond acceptors (Lipinski definition) is 2. The minimum atomic E-state index is -0.974. The number of rotatable bonds is 3. The molecule has 1 atom stereocenters. The van der Waals surface area contributed by atoms with Gasteiger partial charge in [-0.25, -0.2) is 4.79 Å². The quantitative estimate of drug-likeness (QED) is 0.861. The van der Waals surface area contributed by atoms with Gasteiger partial charge in [0.05, 0.1) is 5.52 Å². The molecule has 2 aromatic rings. The Morgan fingerprint density at radius 3 is 2.81 bits per heavy atom. The third kappa shape index (κ3) is 1.56. The van der Waals surface area contributed by atoms with Crippen LogP contribution >= 0.6 is 0 Å². The Morgan fingerprint density at radius 2 is 2.19 bits per heavy atom. The molecule has 4 nitrogen and oxygen atoms in total. The number of carbonyl (C=O) groups is 1. The van der Waals surface area contributed by atoms with Gasteiger partial charge in [0.2, 0.25) is 0 Å². The van der Waals surface area contributed by atoms with Gasteiger partial charge in [0.1, 0.15) is 0 Å². The molecule has 0 aliphatic rings. The Hall–Kier alpha value is -1.84. The van der Waals surface area contributed by atoms with E-state index in [9.17, 15) is 4.79 Å². The first-order valence-electron chi connectivity index (χ1n) is 5.35.